The van der Waals surface area contributed by atoms with E-state index in [1.165, 1.54) is 6.92 Å². The molecule has 0 aliphatic carbocycles. The van der Waals surface area contributed by atoms with Crippen molar-refractivity contribution in [2.24, 2.45) is 5.41 Å². The minimum atomic E-state index is -1.42. The Hall–Kier alpha value is -1.92. The fourth-order valence-electron chi connectivity index (χ4n) is 3.60. The SMILES string of the molecule is CC(C)(C)O[C@@H]1CN(Cc2ccccc2)[C@H](C(=O)O)[C@@](C)(C(=O)O)C1. The van der Waals surface area contributed by atoms with Crippen molar-refractivity contribution in [3.05, 3.63) is 35.9 Å². The molecule has 138 valence electrons. The van der Waals surface area contributed by atoms with Crippen LogP contribution < -0.4 is 0 Å². The molecule has 1 aromatic carbocycles. The van der Waals surface area contributed by atoms with Gasteiger partial charge in [-0.15, -0.1) is 0 Å². The Balaban J connectivity index is 2.36. The molecule has 0 radical (unpaired) electrons. The van der Waals surface area contributed by atoms with Gasteiger partial charge >= 0.3 is 11.9 Å². The van der Waals surface area contributed by atoms with Gasteiger partial charge in [0.25, 0.3) is 0 Å². The first-order valence-electron chi connectivity index (χ1n) is 8.45. The summed E-state index contributed by atoms with van der Waals surface area (Å²) >= 11 is 0. The van der Waals surface area contributed by atoms with Crippen molar-refractivity contribution < 1.29 is 24.5 Å². The molecule has 1 aliphatic heterocycles. The van der Waals surface area contributed by atoms with Crippen LogP contribution in [0.3, 0.4) is 0 Å². The summed E-state index contributed by atoms with van der Waals surface area (Å²) in [5.41, 5.74) is -0.911. The van der Waals surface area contributed by atoms with Crippen LogP contribution in [0.2, 0.25) is 0 Å². The predicted octanol–water partition coefficient (Wildman–Crippen LogP) is 2.62. The molecule has 0 saturated carbocycles. The van der Waals surface area contributed by atoms with Crippen LogP contribution in [0.15, 0.2) is 30.3 Å². The number of hydrogen-bond acceptors (Lipinski definition) is 4. The lowest BCUT2D eigenvalue weighted by Crippen LogP contribution is -2.62. The molecule has 0 unspecified atom stereocenters. The standard InChI is InChI=1S/C19H27NO5/c1-18(2,3)25-14-10-19(4,17(23)24)15(16(21)22)20(12-14)11-13-8-6-5-7-9-13/h5-9,14-15H,10-12H2,1-4H3,(H,21,22)(H,23,24)/t14-,15+,19-/m0/s1. The van der Waals surface area contributed by atoms with Gasteiger partial charge in [0.1, 0.15) is 6.04 Å². The smallest absolute Gasteiger partial charge is 0.322 e. The maximum Gasteiger partial charge on any atom is 0.322 e. The van der Waals surface area contributed by atoms with Crippen molar-refractivity contribution in [1.82, 2.24) is 4.90 Å². The number of nitrogens with zero attached hydrogens (tertiary/aromatic N) is 1. The molecule has 1 fully saturated rings. The molecule has 0 amide bonds. The first-order valence-corrected chi connectivity index (χ1v) is 8.45. The van der Waals surface area contributed by atoms with E-state index in [1.807, 2.05) is 51.1 Å². The largest absolute Gasteiger partial charge is 0.481 e. The molecule has 6 heteroatoms. The van der Waals surface area contributed by atoms with Gasteiger partial charge in [-0.05, 0) is 39.7 Å². The summed E-state index contributed by atoms with van der Waals surface area (Å²) in [5, 5.41) is 19.5. The first kappa shape index (κ1) is 19.4. The van der Waals surface area contributed by atoms with Crippen LogP contribution in [0.5, 0.6) is 0 Å². The van der Waals surface area contributed by atoms with E-state index >= 15 is 0 Å². The fourth-order valence-corrected chi connectivity index (χ4v) is 3.60. The molecule has 1 saturated heterocycles. The number of likely N-dealkylation sites (tertiary alicyclic amines) is 1. The Kier molecular flexibility index (Phi) is 5.54. The number of ether oxygens (including phenoxy) is 1. The van der Waals surface area contributed by atoms with E-state index in [-0.39, 0.29) is 12.5 Å². The first-order chi connectivity index (χ1) is 11.5. The highest BCUT2D eigenvalue weighted by atomic mass is 16.5. The van der Waals surface area contributed by atoms with Gasteiger partial charge in [0.15, 0.2) is 0 Å². The predicted molar refractivity (Wildman–Crippen MR) is 93.3 cm³/mol. The molecule has 1 heterocycles. The number of hydrogen-bond donors (Lipinski definition) is 2. The van der Waals surface area contributed by atoms with Crippen LogP contribution in [-0.2, 0) is 20.9 Å². The van der Waals surface area contributed by atoms with E-state index in [4.69, 9.17) is 4.74 Å². The molecule has 0 bridgehead atoms. The van der Waals surface area contributed by atoms with Crippen molar-refractivity contribution in [1.29, 1.82) is 0 Å². The maximum absolute atomic E-state index is 12.0. The van der Waals surface area contributed by atoms with E-state index < -0.39 is 29.0 Å². The normalized spacial score (nSPS) is 27.8. The third-order valence-corrected chi connectivity index (χ3v) is 4.53. The number of rotatable bonds is 5. The Morgan fingerprint density at radius 1 is 1.24 bits per heavy atom. The van der Waals surface area contributed by atoms with Crippen LogP contribution in [0.4, 0.5) is 0 Å². The van der Waals surface area contributed by atoms with Gasteiger partial charge in [0.05, 0.1) is 17.1 Å². The number of benzene rings is 1. The molecule has 2 N–H and O–H groups in total. The summed E-state index contributed by atoms with van der Waals surface area (Å²) in [6, 6.07) is 8.37. The topological polar surface area (TPSA) is 87.1 Å². The zero-order valence-corrected chi connectivity index (χ0v) is 15.2. The zero-order chi connectivity index (χ0) is 18.8. The highest BCUT2D eigenvalue weighted by Crippen LogP contribution is 2.39. The number of carboxylic acids is 2. The lowest BCUT2D eigenvalue weighted by atomic mass is 9.73. The number of carbonyl (C=O) groups is 2. The highest BCUT2D eigenvalue weighted by molar-refractivity contribution is 5.86. The number of aliphatic carboxylic acids is 2. The van der Waals surface area contributed by atoms with Crippen molar-refractivity contribution in [2.45, 2.75) is 58.4 Å². The second-order valence-electron chi connectivity index (χ2n) is 7.93. The van der Waals surface area contributed by atoms with E-state index in [0.717, 1.165) is 5.56 Å². The average Bonchev–Trinajstić information content (AvgIpc) is 2.45. The second-order valence-corrected chi connectivity index (χ2v) is 7.93. The van der Waals surface area contributed by atoms with E-state index in [2.05, 4.69) is 0 Å². The van der Waals surface area contributed by atoms with Gasteiger partial charge in [-0.3, -0.25) is 14.5 Å². The quantitative estimate of drug-likeness (QED) is 0.850. The summed E-state index contributed by atoms with van der Waals surface area (Å²) in [6.07, 6.45) is -0.178. The summed E-state index contributed by atoms with van der Waals surface area (Å²) in [6.45, 7) is 7.99. The van der Waals surface area contributed by atoms with E-state index in [9.17, 15) is 19.8 Å². The van der Waals surface area contributed by atoms with Gasteiger partial charge in [-0.25, -0.2) is 0 Å². The summed E-state index contributed by atoms with van der Waals surface area (Å²) < 4.78 is 6.02. The summed E-state index contributed by atoms with van der Waals surface area (Å²) in [4.78, 5) is 25.6. The monoisotopic (exact) mass is 349 g/mol. The molecule has 3 atom stereocenters. The number of carboxylic acid groups (broad SMARTS) is 2. The molecule has 1 aromatic rings. The Bertz CT molecular complexity index is 624. The second kappa shape index (κ2) is 7.14. The minimum Gasteiger partial charge on any atom is -0.481 e. The third kappa shape index (κ3) is 4.58. The van der Waals surface area contributed by atoms with Crippen LogP contribution in [-0.4, -0.2) is 51.3 Å². The number of piperidine rings is 1. The molecule has 2 rings (SSSR count). The van der Waals surface area contributed by atoms with Gasteiger partial charge in [0.2, 0.25) is 0 Å². The summed E-state index contributed by atoms with van der Waals surface area (Å²) in [7, 11) is 0. The van der Waals surface area contributed by atoms with Gasteiger partial charge in [0, 0.05) is 13.1 Å². The van der Waals surface area contributed by atoms with Crippen molar-refractivity contribution in [2.75, 3.05) is 6.54 Å². The van der Waals surface area contributed by atoms with E-state index in [1.54, 1.807) is 4.90 Å². The molecular weight excluding hydrogens is 322 g/mol. The van der Waals surface area contributed by atoms with Gasteiger partial charge < -0.3 is 14.9 Å². The molecule has 1 aliphatic rings. The molecule has 0 spiro atoms. The maximum atomic E-state index is 12.0. The van der Waals surface area contributed by atoms with Crippen molar-refractivity contribution in [3.8, 4) is 0 Å². The van der Waals surface area contributed by atoms with Crippen LogP contribution in [0, 0.1) is 5.41 Å². The van der Waals surface area contributed by atoms with Crippen LogP contribution in [0.1, 0.15) is 39.7 Å². The van der Waals surface area contributed by atoms with Crippen molar-refractivity contribution in [3.63, 3.8) is 0 Å². The highest BCUT2D eigenvalue weighted by Gasteiger charge is 2.54. The zero-order valence-electron chi connectivity index (χ0n) is 15.2. The molecule has 6 nitrogen and oxygen atoms in total. The van der Waals surface area contributed by atoms with Crippen molar-refractivity contribution >= 4 is 11.9 Å². The van der Waals surface area contributed by atoms with Gasteiger partial charge in [-0.2, -0.15) is 0 Å². The Labute approximate surface area is 148 Å². The van der Waals surface area contributed by atoms with E-state index in [0.29, 0.717) is 13.1 Å². The molecular formula is C19H27NO5. The fraction of sp³-hybridized carbons (Fsp3) is 0.579. The third-order valence-electron chi connectivity index (χ3n) is 4.53. The minimum absolute atomic E-state index is 0.169. The van der Waals surface area contributed by atoms with Crippen LogP contribution in [0.25, 0.3) is 0 Å². The van der Waals surface area contributed by atoms with Gasteiger partial charge in [-0.1, -0.05) is 30.3 Å². The lowest BCUT2D eigenvalue weighted by molar-refractivity contribution is -0.182. The average molecular weight is 349 g/mol. The molecule has 0 aromatic heterocycles. The van der Waals surface area contributed by atoms with Crippen LogP contribution >= 0.6 is 0 Å². The lowest BCUT2D eigenvalue weighted by Gasteiger charge is -2.47. The summed E-state index contributed by atoms with van der Waals surface area (Å²) in [5.74, 6) is -2.23. The molecule has 25 heavy (non-hydrogen) atoms. The Morgan fingerprint density at radius 3 is 2.32 bits per heavy atom. The Morgan fingerprint density at radius 2 is 1.84 bits per heavy atom.